The van der Waals surface area contributed by atoms with Gasteiger partial charge in [0.25, 0.3) is 0 Å². The Morgan fingerprint density at radius 1 is 1.42 bits per heavy atom. The van der Waals surface area contributed by atoms with Gasteiger partial charge in [0.2, 0.25) is 0 Å². The van der Waals surface area contributed by atoms with Crippen LogP contribution in [-0.2, 0) is 25.8 Å². The molecule has 0 aliphatic heterocycles. The zero-order valence-corrected chi connectivity index (χ0v) is 12.6. The number of hydrogen-bond donors (Lipinski definition) is 0. The number of ether oxygens (including phenoxy) is 1. The van der Waals surface area contributed by atoms with Crippen molar-refractivity contribution in [1.82, 2.24) is 9.97 Å². The third-order valence-corrected chi connectivity index (χ3v) is 5.85. The predicted molar refractivity (Wildman–Crippen MR) is 72.1 cm³/mol. The highest BCUT2D eigenvalue weighted by atomic mass is 32.2. The van der Waals surface area contributed by atoms with Crippen LogP contribution in [0.15, 0.2) is 15.9 Å². The number of carbonyl (C=O) groups excluding carboxylic acids is 1. The fourth-order valence-electron chi connectivity index (χ4n) is 1.31. The molecular formula is C10H10N2O4S3. The van der Waals surface area contributed by atoms with Crippen LogP contribution < -0.4 is 0 Å². The lowest BCUT2D eigenvalue weighted by Gasteiger charge is -1.98. The molecule has 19 heavy (non-hydrogen) atoms. The molecule has 2 rings (SSSR count). The van der Waals surface area contributed by atoms with Crippen molar-refractivity contribution in [3.05, 3.63) is 16.6 Å². The van der Waals surface area contributed by atoms with Crippen molar-refractivity contribution in [1.29, 1.82) is 0 Å². The molecule has 2 aromatic rings. The fourth-order valence-corrected chi connectivity index (χ4v) is 3.89. The third-order valence-electron chi connectivity index (χ3n) is 2.23. The quantitative estimate of drug-likeness (QED) is 0.792. The number of nitrogens with zero attached hydrogens (tertiary/aromatic N) is 2. The summed E-state index contributed by atoms with van der Waals surface area (Å²) in [4.78, 5) is 20.2. The summed E-state index contributed by atoms with van der Waals surface area (Å²) in [6, 6.07) is 0. The van der Waals surface area contributed by atoms with Crippen LogP contribution in [0.5, 0.6) is 0 Å². The molecule has 0 amide bonds. The molecule has 102 valence electrons. The zero-order valence-electron chi connectivity index (χ0n) is 10.1. The van der Waals surface area contributed by atoms with E-state index in [2.05, 4.69) is 14.7 Å². The van der Waals surface area contributed by atoms with Gasteiger partial charge in [0.1, 0.15) is 14.9 Å². The van der Waals surface area contributed by atoms with Gasteiger partial charge in [-0.1, -0.05) is 0 Å². The monoisotopic (exact) mass is 318 g/mol. The molecule has 0 fully saturated rings. The molecule has 2 aromatic heterocycles. The van der Waals surface area contributed by atoms with E-state index in [0.717, 1.165) is 17.6 Å². The Balaban J connectivity index is 2.35. The van der Waals surface area contributed by atoms with Gasteiger partial charge in [-0.25, -0.2) is 18.4 Å². The van der Waals surface area contributed by atoms with E-state index in [1.165, 1.54) is 24.6 Å². The van der Waals surface area contributed by atoms with Crippen LogP contribution in [0.1, 0.15) is 4.88 Å². The highest BCUT2D eigenvalue weighted by molar-refractivity contribution is 7.92. The molecule has 0 N–H and O–H groups in total. The first-order valence-corrected chi connectivity index (χ1v) is 8.66. The minimum absolute atomic E-state index is 0.101. The van der Waals surface area contributed by atoms with E-state index >= 15 is 0 Å². The summed E-state index contributed by atoms with van der Waals surface area (Å²) in [6.45, 7) is 0. The maximum absolute atomic E-state index is 11.4. The second-order valence-electron chi connectivity index (χ2n) is 3.63. The first-order chi connectivity index (χ1) is 8.91. The Morgan fingerprint density at radius 2 is 2.16 bits per heavy atom. The number of methoxy groups -OCH3 is 1. The first-order valence-electron chi connectivity index (χ1n) is 5.07. The summed E-state index contributed by atoms with van der Waals surface area (Å²) in [6.07, 6.45) is 2.53. The van der Waals surface area contributed by atoms with Gasteiger partial charge >= 0.3 is 5.97 Å². The van der Waals surface area contributed by atoms with Crippen molar-refractivity contribution in [2.75, 3.05) is 13.4 Å². The minimum Gasteiger partial charge on any atom is -0.469 e. The average molecular weight is 318 g/mol. The van der Waals surface area contributed by atoms with Gasteiger partial charge in [-0.2, -0.15) is 0 Å². The van der Waals surface area contributed by atoms with Gasteiger partial charge in [0.15, 0.2) is 9.84 Å². The van der Waals surface area contributed by atoms with Gasteiger partial charge in [0.05, 0.1) is 25.2 Å². The summed E-state index contributed by atoms with van der Waals surface area (Å²) in [5, 5.41) is 0.487. The minimum atomic E-state index is -3.27. The number of rotatable bonds is 4. The number of esters is 1. The van der Waals surface area contributed by atoms with Gasteiger partial charge in [-0.15, -0.1) is 22.7 Å². The topological polar surface area (TPSA) is 86.2 Å². The first kappa shape index (κ1) is 14.1. The van der Waals surface area contributed by atoms with E-state index < -0.39 is 9.84 Å². The Bertz CT molecular complexity index is 702. The standard InChI is InChI=1S/C10H10N2O4S3/c1-16-7(13)3-6-9(12-5-17-6)10-11-4-8(18-10)19(2,14)15/h4-5H,3H2,1-2H3. The molecule has 6 nitrogen and oxygen atoms in total. The normalized spacial score (nSPS) is 11.5. The number of thiazole rings is 2. The summed E-state index contributed by atoms with van der Waals surface area (Å²) in [7, 11) is -1.96. The number of carbonyl (C=O) groups is 1. The fraction of sp³-hybridized carbons (Fsp3) is 0.300. The van der Waals surface area contributed by atoms with Crippen LogP contribution in [0.3, 0.4) is 0 Å². The zero-order chi connectivity index (χ0) is 14.0. The molecule has 0 saturated heterocycles. The number of aromatic nitrogens is 2. The van der Waals surface area contributed by atoms with Crippen molar-refractivity contribution >= 4 is 38.5 Å². The van der Waals surface area contributed by atoms with Crippen molar-refractivity contribution in [2.24, 2.45) is 0 Å². The largest absolute Gasteiger partial charge is 0.469 e. The molecule has 0 unspecified atom stereocenters. The summed E-state index contributed by atoms with van der Waals surface area (Å²) in [5.41, 5.74) is 2.13. The van der Waals surface area contributed by atoms with Crippen LogP contribution >= 0.6 is 22.7 Å². The van der Waals surface area contributed by atoms with Crippen molar-refractivity contribution < 1.29 is 17.9 Å². The summed E-state index contributed by atoms with van der Waals surface area (Å²) in [5.74, 6) is -0.370. The van der Waals surface area contributed by atoms with Crippen LogP contribution in [0, 0.1) is 0 Å². The van der Waals surface area contributed by atoms with Gasteiger partial charge in [-0.05, 0) is 0 Å². The molecule has 0 atom stereocenters. The molecule has 2 heterocycles. The van der Waals surface area contributed by atoms with E-state index in [-0.39, 0.29) is 16.6 Å². The van der Waals surface area contributed by atoms with E-state index in [1.807, 2.05) is 0 Å². The van der Waals surface area contributed by atoms with E-state index in [4.69, 9.17) is 0 Å². The number of hydrogen-bond acceptors (Lipinski definition) is 8. The lowest BCUT2D eigenvalue weighted by molar-refractivity contribution is -0.139. The van der Waals surface area contributed by atoms with E-state index in [9.17, 15) is 13.2 Å². The van der Waals surface area contributed by atoms with Crippen molar-refractivity contribution in [3.8, 4) is 10.7 Å². The van der Waals surface area contributed by atoms with Crippen molar-refractivity contribution in [2.45, 2.75) is 10.6 Å². The van der Waals surface area contributed by atoms with Crippen LogP contribution in [0.25, 0.3) is 10.7 Å². The Morgan fingerprint density at radius 3 is 2.74 bits per heavy atom. The SMILES string of the molecule is COC(=O)Cc1scnc1-c1ncc(S(C)(=O)=O)s1. The third kappa shape index (κ3) is 3.17. The molecule has 0 aliphatic rings. The lowest BCUT2D eigenvalue weighted by Crippen LogP contribution is -2.03. The Kier molecular flexibility index (Phi) is 3.97. The summed E-state index contributed by atoms with van der Waals surface area (Å²) >= 11 is 2.35. The van der Waals surface area contributed by atoms with Crippen molar-refractivity contribution in [3.63, 3.8) is 0 Å². The second kappa shape index (κ2) is 5.35. The molecule has 0 aliphatic carbocycles. The maximum Gasteiger partial charge on any atom is 0.310 e. The van der Waals surface area contributed by atoms with Gasteiger partial charge in [0, 0.05) is 11.1 Å². The van der Waals surface area contributed by atoms with Crippen LogP contribution in [0.2, 0.25) is 0 Å². The van der Waals surface area contributed by atoms with E-state index in [0.29, 0.717) is 15.6 Å². The van der Waals surface area contributed by atoms with E-state index in [1.54, 1.807) is 5.51 Å². The highest BCUT2D eigenvalue weighted by Crippen LogP contribution is 2.31. The molecule has 0 bridgehead atoms. The summed E-state index contributed by atoms with van der Waals surface area (Å²) < 4.78 is 27.6. The highest BCUT2D eigenvalue weighted by Gasteiger charge is 2.18. The molecule has 0 aromatic carbocycles. The Hall–Kier alpha value is -1.32. The smallest absolute Gasteiger partial charge is 0.310 e. The van der Waals surface area contributed by atoms with Gasteiger partial charge < -0.3 is 4.74 Å². The van der Waals surface area contributed by atoms with Crippen LogP contribution in [-0.4, -0.2) is 37.7 Å². The van der Waals surface area contributed by atoms with Crippen LogP contribution in [0.4, 0.5) is 0 Å². The molecule has 0 radical (unpaired) electrons. The number of sulfone groups is 1. The molecular weight excluding hydrogens is 308 g/mol. The predicted octanol–water partition coefficient (Wildman–Crippen LogP) is 1.39. The molecule has 0 spiro atoms. The molecule has 0 saturated carbocycles. The maximum atomic E-state index is 11.4. The average Bonchev–Trinajstić information content (AvgIpc) is 2.95. The second-order valence-corrected chi connectivity index (χ2v) is 7.85. The Labute approximate surface area is 118 Å². The molecule has 9 heteroatoms. The lowest BCUT2D eigenvalue weighted by atomic mass is 10.3. The van der Waals surface area contributed by atoms with Gasteiger partial charge in [-0.3, -0.25) is 4.79 Å².